The number of nitro benzene ring substituents is 1. The van der Waals surface area contributed by atoms with Crippen LogP contribution in [0.5, 0.6) is 0 Å². The Morgan fingerprint density at radius 2 is 1.85 bits per heavy atom. The van der Waals surface area contributed by atoms with Gasteiger partial charge >= 0.3 is 0 Å². The van der Waals surface area contributed by atoms with Crippen LogP contribution < -0.4 is 5.32 Å². The third-order valence-corrected chi connectivity index (χ3v) is 5.55. The summed E-state index contributed by atoms with van der Waals surface area (Å²) in [6.45, 7) is 0.325. The summed E-state index contributed by atoms with van der Waals surface area (Å²) in [5, 5.41) is 15.2. The van der Waals surface area contributed by atoms with Crippen molar-refractivity contribution in [1.82, 2.24) is 5.32 Å². The molecule has 2 aromatic heterocycles. The van der Waals surface area contributed by atoms with Crippen LogP contribution in [-0.4, -0.2) is 16.6 Å². The number of non-ortho nitro benzene ring substituents is 1. The van der Waals surface area contributed by atoms with Crippen molar-refractivity contribution in [2.75, 3.05) is 0 Å². The maximum atomic E-state index is 12.3. The molecule has 1 N–H and O–H groups in total. The lowest BCUT2D eigenvalue weighted by Gasteiger charge is -1.99. The Hall–Kier alpha value is -3.10. The van der Waals surface area contributed by atoms with E-state index in [0.717, 1.165) is 4.88 Å². The van der Waals surface area contributed by atoms with Crippen molar-refractivity contribution in [3.05, 3.63) is 90.3 Å². The van der Waals surface area contributed by atoms with Crippen molar-refractivity contribution < 1.29 is 14.5 Å². The van der Waals surface area contributed by atoms with E-state index in [1.807, 2.05) is 17.5 Å². The molecule has 136 valence electrons. The Morgan fingerprint density at radius 1 is 1.07 bits per heavy atom. The molecule has 1 amide bonds. The van der Waals surface area contributed by atoms with Crippen molar-refractivity contribution in [2.45, 2.75) is 6.54 Å². The lowest BCUT2D eigenvalue weighted by atomic mass is 10.2. The topological polar surface area (TPSA) is 89.3 Å². The number of thiophene rings is 2. The van der Waals surface area contributed by atoms with Gasteiger partial charge in [-0.1, -0.05) is 6.07 Å². The smallest absolute Gasteiger partial charge is 0.269 e. The van der Waals surface area contributed by atoms with Crippen molar-refractivity contribution in [3.63, 3.8) is 0 Å². The Kier molecular flexibility index (Phi) is 5.90. The zero-order valence-electron chi connectivity index (χ0n) is 14.0. The summed E-state index contributed by atoms with van der Waals surface area (Å²) in [5.41, 5.74) is 0.693. The second-order valence-electron chi connectivity index (χ2n) is 5.47. The molecule has 6 nitrogen and oxygen atoms in total. The molecule has 0 unspecified atom stereocenters. The lowest BCUT2D eigenvalue weighted by molar-refractivity contribution is -0.384. The molecule has 0 aliphatic carbocycles. The molecule has 0 radical (unpaired) electrons. The molecule has 2 heterocycles. The van der Waals surface area contributed by atoms with Crippen molar-refractivity contribution >= 4 is 46.1 Å². The zero-order valence-corrected chi connectivity index (χ0v) is 15.6. The molecular weight excluding hydrogens is 384 g/mol. The standard InChI is InChI=1S/C19H14N2O4S2/c22-18(10-5-13-3-6-14(7-4-13)21(24)25)20-12-15-8-9-17(27-15)19(23)16-2-1-11-26-16/h1-11H,12H2,(H,20,22)/b10-5+. The lowest BCUT2D eigenvalue weighted by Crippen LogP contribution is -2.19. The van der Waals surface area contributed by atoms with Gasteiger partial charge in [0.05, 0.1) is 21.2 Å². The molecule has 0 aliphatic rings. The minimum Gasteiger partial charge on any atom is -0.348 e. The average Bonchev–Trinajstić information content (AvgIpc) is 3.36. The van der Waals surface area contributed by atoms with Crippen LogP contribution in [0, 0.1) is 10.1 Å². The SMILES string of the molecule is O=C(/C=C/c1ccc([N+](=O)[O-])cc1)NCc1ccc(C(=O)c2cccs2)s1. The maximum Gasteiger partial charge on any atom is 0.269 e. The molecule has 3 aromatic rings. The van der Waals surface area contributed by atoms with E-state index in [0.29, 0.717) is 21.9 Å². The first-order valence-corrected chi connectivity index (χ1v) is 9.60. The van der Waals surface area contributed by atoms with Crippen LogP contribution in [-0.2, 0) is 11.3 Å². The van der Waals surface area contributed by atoms with Gasteiger partial charge in [-0.25, -0.2) is 0 Å². The first-order valence-electron chi connectivity index (χ1n) is 7.90. The number of amides is 1. The molecule has 27 heavy (non-hydrogen) atoms. The van der Waals surface area contributed by atoms with Gasteiger partial charge < -0.3 is 5.32 Å². The first kappa shape index (κ1) is 18.7. The summed E-state index contributed by atoms with van der Waals surface area (Å²) in [6.07, 6.45) is 2.95. The third-order valence-electron chi connectivity index (χ3n) is 3.60. The van der Waals surface area contributed by atoms with E-state index in [1.165, 1.54) is 40.9 Å². The molecule has 0 saturated carbocycles. The number of rotatable bonds is 7. The number of hydrogen-bond acceptors (Lipinski definition) is 6. The van der Waals surface area contributed by atoms with Crippen LogP contribution in [0.15, 0.2) is 60.0 Å². The quantitative estimate of drug-likeness (QED) is 0.278. The molecule has 8 heteroatoms. The fourth-order valence-electron chi connectivity index (χ4n) is 2.24. The van der Waals surface area contributed by atoms with E-state index >= 15 is 0 Å². The number of ketones is 1. The van der Waals surface area contributed by atoms with Crippen molar-refractivity contribution in [3.8, 4) is 0 Å². The van der Waals surface area contributed by atoms with Crippen molar-refractivity contribution in [2.24, 2.45) is 0 Å². The van der Waals surface area contributed by atoms with E-state index in [1.54, 1.807) is 30.3 Å². The number of nitro groups is 1. The van der Waals surface area contributed by atoms with Crippen LogP contribution in [0.2, 0.25) is 0 Å². The summed E-state index contributed by atoms with van der Waals surface area (Å²) < 4.78 is 0. The second-order valence-corrected chi connectivity index (χ2v) is 7.59. The number of carbonyl (C=O) groups excluding carboxylic acids is 2. The normalized spacial score (nSPS) is 10.8. The average molecular weight is 398 g/mol. The van der Waals surface area contributed by atoms with E-state index in [-0.39, 0.29) is 17.4 Å². The fourth-order valence-corrected chi connectivity index (χ4v) is 3.88. The number of benzene rings is 1. The number of nitrogens with one attached hydrogen (secondary N) is 1. The van der Waals surface area contributed by atoms with Crippen LogP contribution in [0.25, 0.3) is 6.08 Å². The molecule has 3 rings (SSSR count). The molecule has 0 spiro atoms. The predicted octanol–water partition coefficient (Wildman–Crippen LogP) is 4.28. The third kappa shape index (κ3) is 4.96. The number of carbonyl (C=O) groups is 2. The molecule has 0 saturated heterocycles. The molecule has 0 aliphatic heterocycles. The highest BCUT2D eigenvalue weighted by atomic mass is 32.1. The molecular formula is C19H14N2O4S2. The summed E-state index contributed by atoms with van der Waals surface area (Å²) in [7, 11) is 0. The summed E-state index contributed by atoms with van der Waals surface area (Å²) >= 11 is 2.76. The van der Waals surface area contributed by atoms with Crippen LogP contribution >= 0.6 is 22.7 Å². The molecule has 0 atom stereocenters. The Balaban J connectivity index is 1.53. The summed E-state index contributed by atoms with van der Waals surface area (Å²) in [6, 6.07) is 13.1. The zero-order chi connectivity index (χ0) is 19.2. The highest BCUT2D eigenvalue weighted by molar-refractivity contribution is 7.16. The largest absolute Gasteiger partial charge is 0.348 e. The van der Waals surface area contributed by atoms with E-state index in [4.69, 9.17) is 0 Å². The Morgan fingerprint density at radius 3 is 2.52 bits per heavy atom. The summed E-state index contributed by atoms with van der Waals surface area (Å²) in [4.78, 5) is 36.5. The highest BCUT2D eigenvalue weighted by Crippen LogP contribution is 2.22. The van der Waals surface area contributed by atoms with E-state index in [9.17, 15) is 19.7 Å². The van der Waals surface area contributed by atoms with E-state index in [2.05, 4.69) is 5.32 Å². The van der Waals surface area contributed by atoms with Gasteiger partial charge in [-0.05, 0) is 47.4 Å². The van der Waals surface area contributed by atoms with Crippen molar-refractivity contribution in [1.29, 1.82) is 0 Å². The number of hydrogen-bond donors (Lipinski definition) is 1. The van der Waals surface area contributed by atoms with Gasteiger partial charge in [0, 0.05) is 23.1 Å². The fraction of sp³-hybridized carbons (Fsp3) is 0.0526. The van der Waals surface area contributed by atoms with Crippen LogP contribution in [0.1, 0.15) is 25.0 Å². The van der Waals surface area contributed by atoms with Gasteiger partial charge in [0.2, 0.25) is 11.7 Å². The predicted molar refractivity (Wildman–Crippen MR) is 106 cm³/mol. The van der Waals surface area contributed by atoms with Gasteiger partial charge in [0.15, 0.2) is 0 Å². The summed E-state index contributed by atoms with van der Waals surface area (Å²) in [5.74, 6) is -0.293. The van der Waals surface area contributed by atoms with Crippen LogP contribution in [0.4, 0.5) is 5.69 Å². The molecule has 0 fully saturated rings. The number of nitrogens with zero attached hydrogens (tertiary/aromatic N) is 1. The van der Waals surface area contributed by atoms with Gasteiger partial charge in [-0.3, -0.25) is 19.7 Å². The molecule has 0 bridgehead atoms. The highest BCUT2D eigenvalue weighted by Gasteiger charge is 2.12. The van der Waals surface area contributed by atoms with Gasteiger partial charge in [-0.15, -0.1) is 22.7 Å². The van der Waals surface area contributed by atoms with Gasteiger partial charge in [-0.2, -0.15) is 0 Å². The van der Waals surface area contributed by atoms with Gasteiger partial charge in [0.1, 0.15) is 0 Å². The Bertz CT molecular complexity index is 989. The Labute approximate surface area is 162 Å². The monoisotopic (exact) mass is 398 g/mol. The molecule has 1 aromatic carbocycles. The van der Waals surface area contributed by atoms with Crippen LogP contribution in [0.3, 0.4) is 0 Å². The minimum atomic E-state index is -0.474. The maximum absolute atomic E-state index is 12.3. The van der Waals surface area contributed by atoms with Gasteiger partial charge in [0.25, 0.3) is 5.69 Å². The second kappa shape index (κ2) is 8.52. The minimum absolute atomic E-state index is 0.00203. The van der Waals surface area contributed by atoms with E-state index < -0.39 is 4.92 Å². The first-order chi connectivity index (χ1) is 13.0.